The predicted octanol–water partition coefficient (Wildman–Crippen LogP) is 1.11. The molecule has 0 spiro atoms. The van der Waals surface area contributed by atoms with Gasteiger partial charge in [-0.25, -0.2) is 4.79 Å². The third-order valence-electron chi connectivity index (χ3n) is 2.11. The summed E-state index contributed by atoms with van der Waals surface area (Å²) >= 11 is 0. The van der Waals surface area contributed by atoms with Gasteiger partial charge in [-0.2, -0.15) is 13.2 Å². The first-order valence-corrected chi connectivity index (χ1v) is 4.28. The van der Waals surface area contributed by atoms with Crippen LogP contribution in [-0.4, -0.2) is 22.8 Å². The van der Waals surface area contributed by atoms with Gasteiger partial charge in [0.05, 0.1) is 7.11 Å². The molecule has 94 valence electrons. The highest BCUT2D eigenvalue weighted by atomic mass is 19.4. The maximum atomic E-state index is 12.5. The molecule has 0 aliphatic heterocycles. The number of methoxy groups -OCH3 is 1. The van der Waals surface area contributed by atoms with Crippen LogP contribution in [0, 0.1) is 0 Å². The summed E-state index contributed by atoms with van der Waals surface area (Å²) in [7, 11) is 1.90. The van der Waals surface area contributed by atoms with Crippen molar-refractivity contribution in [3.63, 3.8) is 0 Å². The normalized spacial score (nSPS) is 11.4. The van der Waals surface area contributed by atoms with E-state index in [1.807, 2.05) is 0 Å². The molecule has 0 unspecified atom stereocenters. The van der Waals surface area contributed by atoms with E-state index in [0.717, 1.165) is 14.2 Å². The van der Waals surface area contributed by atoms with Crippen molar-refractivity contribution in [3.8, 4) is 5.75 Å². The zero-order chi connectivity index (χ0) is 13.4. The SMILES string of the molecule is COc1c(C(=O)O)cc(C(F)(F)F)n(C)c1=O. The predicted molar refractivity (Wildman–Crippen MR) is 50.2 cm³/mol. The van der Waals surface area contributed by atoms with Gasteiger partial charge in [0.25, 0.3) is 5.56 Å². The maximum absolute atomic E-state index is 12.5. The molecular formula is C9H8F3NO4. The van der Waals surface area contributed by atoms with Crippen LogP contribution in [0.5, 0.6) is 5.75 Å². The fourth-order valence-corrected chi connectivity index (χ4v) is 1.30. The van der Waals surface area contributed by atoms with E-state index in [0.29, 0.717) is 10.6 Å². The first kappa shape index (κ1) is 13.1. The molecule has 8 heteroatoms. The van der Waals surface area contributed by atoms with Gasteiger partial charge in [0, 0.05) is 7.05 Å². The molecule has 0 saturated carbocycles. The van der Waals surface area contributed by atoms with Gasteiger partial charge in [0.2, 0.25) is 0 Å². The van der Waals surface area contributed by atoms with Crippen molar-refractivity contribution >= 4 is 5.97 Å². The molecule has 0 aliphatic carbocycles. The largest absolute Gasteiger partial charge is 0.490 e. The Morgan fingerprint density at radius 1 is 1.47 bits per heavy atom. The minimum Gasteiger partial charge on any atom is -0.490 e. The highest BCUT2D eigenvalue weighted by molar-refractivity contribution is 5.90. The average molecular weight is 251 g/mol. The molecule has 0 aliphatic rings. The number of rotatable bonds is 2. The zero-order valence-electron chi connectivity index (χ0n) is 8.83. The highest BCUT2D eigenvalue weighted by Crippen LogP contribution is 2.30. The minimum atomic E-state index is -4.82. The van der Waals surface area contributed by atoms with Crippen molar-refractivity contribution in [3.05, 3.63) is 27.7 Å². The first-order valence-electron chi connectivity index (χ1n) is 4.28. The Hall–Kier alpha value is -1.99. The van der Waals surface area contributed by atoms with Gasteiger partial charge in [-0.3, -0.25) is 4.79 Å². The Bertz CT molecular complexity index is 518. The summed E-state index contributed by atoms with van der Waals surface area (Å²) in [5, 5.41) is 8.71. The lowest BCUT2D eigenvalue weighted by Gasteiger charge is -2.14. The number of nitrogens with zero attached hydrogens (tertiary/aromatic N) is 1. The molecule has 0 amide bonds. The molecule has 0 atom stereocenters. The summed E-state index contributed by atoms with van der Waals surface area (Å²) < 4.78 is 42.3. The van der Waals surface area contributed by atoms with E-state index in [9.17, 15) is 22.8 Å². The van der Waals surface area contributed by atoms with Crippen molar-refractivity contribution < 1.29 is 27.8 Å². The van der Waals surface area contributed by atoms with Crippen molar-refractivity contribution in [2.24, 2.45) is 7.05 Å². The first-order chi connectivity index (χ1) is 7.70. The molecule has 0 saturated heterocycles. The number of hydrogen-bond donors (Lipinski definition) is 1. The van der Waals surface area contributed by atoms with Crippen LogP contribution >= 0.6 is 0 Å². The minimum absolute atomic E-state index is 0.297. The molecule has 0 aromatic carbocycles. The number of aromatic carboxylic acids is 1. The summed E-state index contributed by atoms with van der Waals surface area (Å²) in [5.74, 6) is -2.29. The van der Waals surface area contributed by atoms with Gasteiger partial charge in [0.15, 0.2) is 5.75 Å². The summed E-state index contributed by atoms with van der Waals surface area (Å²) in [4.78, 5) is 22.2. The maximum Gasteiger partial charge on any atom is 0.431 e. The van der Waals surface area contributed by atoms with Crippen LogP contribution < -0.4 is 10.3 Å². The zero-order valence-corrected chi connectivity index (χ0v) is 8.83. The third kappa shape index (κ3) is 2.24. The Morgan fingerprint density at radius 3 is 2.35 bits per heavy atom. The Balaban J connectivity index is 3.70. The lowest BCUT2D eigenvalue weighted by Crippen LogP contribution is -2.28. The number of halogens is 3. The molecule has 1 N–H and O–H groups in total. The molecule has 1 aromatic rings. The van der Waals surface area contributed by atoms with E-state index in [4.69, 9.17) is 5.11 Å². The fourth-order valence-electron chi connectivity index (χ4n) is 1.30. The van der Waals surface area contributed by atoms with Gasteiger partial charge in [0.1, 0.15) is 11.3 Å². The quantitative estimate of drug-likeness (QED) is 0.854. The lowest BCUT2D eigenvalue weighted by molar-refractivity contribution is -0.143. The van der Waals surface area contributed by atoms with E-state index >= 15 is 0 Å². The van der Waals surface area contributed by atoms with Crippen LogP contribution in [0.2, 0.25) is 0 Å². The smallest absolute Gasteiger partial charge is 0.431 e. The molecule has 0 fully saturated rings. The monoisotopic (exact) mass is 251 g/mol. The summed E-state index contributed by atoms with van der Waals surface area (Å²) in [6.45, 7) is 0. The van der Waals surface area contributed by atoms with Crippen molar-refractivity contribution in [1.82, 2.24) is 4.57 Å². The molecule has 1 heterocycles. The van der Waals surface area contributed by atoms with Crippen LogP contribution in [0.1, 0.15) is 16.1 Å². The molecule has 0 bridgehead atoms. The topological polar surface area (TPSA) is 68.5 Å². The number of hydrogen-bond acceptors (Lipinski definition) is 3. The molecule has 17 heavy (non-hydrogen) atoms. The lowest BCUT2D eigenvalue weighted by atomic mass is 10.2. The van der Waals surface area contributed by atoms with Gasteiger partial charge in [-0.15, -0.1) is 0 Å². The molecule has 1 rings (SSSR count). The highest BCUT2D eigenvalue weighted by Gasteiger charge is 2.36. The number of carboxylic acids is 1. The fraction of sp³-hybridized carbons (Fsp3) is 0.333. The second-order valence-corrected chi connectivity index (χ2v) is 3.14. The number of alkyl halides is 3. The molecule has 1 aromatic heterocycles. The standard InChI is InChI=1S/C9H8F3NO4/c1-13-5(9(10,11)12)3-4(8(15)16)6(17-2)7(13)14/h3H,1-2H3,(H,15,16). The van der Waals surface area contributed by atoms with Crippen molar-refractivity contribution in [1.29, 1.82) is 0 Å². The third-order valence-corrected chi connectivity index (χ3v) is 2.11. The number of carboxylic acid groups (broad SMARTS) is 1. The Labute approximate surface area is 93.0 Å². The Kier molecular flexibility index (Phi) is 3.16. The molecule has 5 nitrogen and oxygen atoms in total. The van der Waals surface area contributed by atoms with Gasteiger partial charge in [-0.05, 0) is 6.07 Å². The number of carbonyl (C=O) groups is 1. The van der Waals surface area contributed by atoms with E-state index in [2.05, 4.69) is 4.74 Å². The summed E-state index contributed by atoms with van der Waals surface area (Å²) in [6, 6.07) is 0.364. The number of pyridine rings is 1. The van der Waals surface area contributed by atoms with Crippen LogP contribution in [0.4, 0.5) is 13.2 Å². The number of ether oxygens (including phenoxy) is 1. The second-order valence-electron chi connectivity index (χ2n) is 3.14. The Morgan fingerprint density at radius 2 is 2.00 bits per heavy atom. The molecule has 0 radical (unpaired) electrons. The van der Waals surface area contributed by atoms with E-state index in [1.54, 1.807) is 0 Å². The van der Waals surface area contributed by atoms with Crippen LogP contribution in [-0.2, 0) is 13.2 Å². The summed E-state index contributed by atoms with van der Waals surface area (Å²) in [5.41, 5.74) is -3.32. The van der Waals surface area contributed by atoms with E-state index in [-0.39, 0.29) is 0 Å². The van der Waals surface area contributed by atoms with Crippen molar-refractivity contribution in [2.75, 3.05) is 7.11 Å². The van der Waals surface area contributed by atoms with Crippen LogP contribution in [0.3, 0.4) is 0 Å². The number of aromatic nitrogens is 1. The van der Waals surface area contributed by atoms with E-state index in [1.165, 1.54) is 0 Å². The van der Waals surface area contributed by atoms with Gasteiger partial charge < -0.3 is 14.4 Å². The van der Waals surface area contributed by atoms with Gasteiger partial charge in [-0.1, -0.05) is 0 Å². The van der Waals surface area contributed by atoms with Gasteiger partial charge >= 0.3 is 12.1 Å². The van der Waals surface area contributed by atoms with Crippen molar-refractivity contribution in [2.45, 2.75) is 6.18 Å². The average Bonchev–Trinajstić information content (AvgIpc) is 2.19. The summed E-state index contributed by atoms with van der Waals surface area (Å²) in [6.07, 6.45) is -4.82. The molecular weight excluding hydrogens is 243 g/mol. The second kappa shape index (κ2) is 4.11. The van der Waals surface area contributed by atoms with E-state index < -0.39 is 34.7 Å². The van der Waals surface area contributed by atoms with Crippen LogP contribution in [0.25, 0.3) is 0 Å². The van der Waals surface area contributed by atoms with Crippen LogP contribution in [0.15, 0.2) is 10.9 Å².